The average Bonchev–Trinajstić information content (AvgIpc) is 3.13. The highest BCUT2D eigenvalue weighted by atomic mass is 127. The van der Waals surface area contributed by atoms with Gasteiger partial charge in [-0.1, -0.05) is 20.3 Å². The maximum absolute atomic E-state index is 4.30. The van der Waals surface area contributed by atoms with Crippen molar-refractivity contribution in [3.8, 4) is 0 Å². The van der Waals surface area contributed by atoms with Crippen LogP contribution in [0, 0.1) is 5.92 Å². The molecule has 5 heteroatoms. The predicted molar refractivity (Wildman–Crippen MR) is 97.0 cm³/mol. The van der Waals surface area contributed by atoms with Gasteiger partial charge in [0.25, 0.3) is 0 Å². The fourth-order valence-electron chi connectivity index (χ4n) is 3.03. The number of hydrogen-bond donors (Lipinski definition) is 2. The molecule has 0 radical (unpaired) electrons. The van der Waals surface area contributed by atoms with Gasteiger partial charge in [-0.25, -0.2) is 0 Å². The van der Waals surface area contributed by atoms with E-state index in [0.717, 1.165) is 31.0 Å². The Hall–Kier alpha value is -0.0400. The molecule has 0 amide bonds. The minimum Gasteiger partial charge on any atom is -0.355 e. The van der Waals surface area contributed by atoms with Gasteiger partial charge in [-0.2, -0.15) is 0 Å². The van der Waals surface area contributed by atoms with Gasteiger partial charge in [0.1, 0.15) is 0 Å². The van der Waals surface area contributed by atoms with Crippen LogP contribution in [0.5, 0.6) is 0 Å². The summed E-state index contributed by atoms with van der Waals surface area (Å²) >= 11 is 0. The van der Waals surface area contributed by atoms with Crippen molar-refractivity contribution in [1.29, 1.82) is 0 Å². The monoisotopic (exact) mass is 394 g/mol. The van der Waals surface area contributed by atoms with Gasteiger partial charge < -0.3 is 10.6 Å². The number of hydrogen-bond acceptors (Lipinski definition) is 2. The minimum absolute atomic E-state index is 0. The zero-order chi connectivity index (χ0) is 13.7. The van der Waals surface area contributed by atoms with E-state index in [-0.39, 0.29) is 24.0 Å². The summed E-state index contributed by atoms with van der Waals surface area (Å²) in [6, 6.07) is 1.44. The van der Waals surface area contributed by atoms with E-state index in [1.54, 1.807) is 0 Å². The van der Waals surface area contributed by atoms with Crippen LogP contribution in [0.3, 0.4) is 0 Å². The molecule has 3 atom stereocenters. The van der Waals surface area contributed by atoms with Gasteiger partial charge >= 0.3 is 0 Å². The maximum Gasteiger partial charge on any atom is 0.191 e. The molecule has 2 fully saturated rings. The highest BCUT2D eigenvalue weighted by molar-refractivity contribution is 14.0. The van der Waals surface area contributed by atoms with Gasteiger partial charge in [0.2, 0.25) is 0 Å². The van der Waals surface area contributed by atoms with Crippen LogP contribution in [0.25, 0.3) is 0 Å². The number of nitrogens with one attached hydrogen (secondary N) is 2. The molecule has 1 aliphatic heterocycles. The fraction of sp³-hybridized carbons (Fsp3) is 0.933. The van der Waals surface area contributed by atoms with Crippen molar-refractivity contribution < 1.29 is 0 Å². The Balaban J connectivity index is 0.00000200. The molecule has 2 aliphatic rings. The van der Waals surface area contributed by atoms with Crippen molar-refractivity contribution in [3.63, 3.8) is 0 Å². The molecule has 0 bridgehead atoms. The SMILES string of the molecule is CCC1CCCCN1CCNC(=NC)NC1CC1C.I. The molecule has 1 saturated carbocycles. The predicted octanol–water partition coefficient (Wildman–Crippen LogP) is 2.44. The third-order valence-electron chi connectivity index (χ3n) is 4.57. The van der Waals surface area contributed by atoms with E-state index in [1.165, 1.54) is 38.6 Å². The van der Waals surface area contributed by atoms with Crippen molar-refractivity contribution in [2.75, 3.05) is 26.7 Å². The van der Waals surface area contributed by atoms with Gasteiger partial charge in [-0.05, 0) is 38.1 Å². The van der Waals surface area contributed by atoms with Crippen LogP contribution >= 0.6 is 24.0 Å². The average molecular weight is 394 g/mol. The second-order valence-corrected chi connectivity index (χ2v) is 6.06. The summed E-state index contributed by atoms with van der Waals surface area (Å²) in [6.07, 6.45) is 6.72. The Morgan fingerprint density at radius 3 is 2.70 bits per heavy atom. The van der Waals surface area contributed by atoms with Crippen LogP contribution in [-0.2, 0) is 0 Å². The first kappa shape index (κ1) is 18.0. The molecule has 1 aliphatic carbocycles. The number of aliphatic imine (C=N–C) groups is 1. The molecule has 2 rings (SSSR count). The van der Waals surface area contributed by atoms with E-state index in [4.69, 9.17) is 0 Å². The molecular weight excluding hydrogens is 363 g/mol. The first-order valence-corrected chi connectivity index (χ1v) is 7.95. The van der Waals surface area contributed by atoms with Crippen LogP contribution in [-0.4, -0.2) is 49.6 Å². The molecule has 3 unspecified atom stereocenters. The van der Waals surface area contributed by atoms with Crippen molar-refractivity contribution in [2.24, 2.45) is 10.9 Å². The maximum atomic E-state index is 4.30. The van der Waals surface area contributed by atoms with Gasteiger partial charge in [0.05, 0.1) is 0 Å². The molecule has 1 heterocycles. The summed E-state index contributed by atoms with van der Waals surface area (Å²) in [4.78, 5) is 6.94. The van der Waals surface area contributed by atoms with Gasteiger partial charge in [0.15, 0.2) is 5.96 Å². The Labute approximate surface area is 141 Å². The lowest BCUT2D eigenvalue weighted by Gasteiger charge is -2.35. The molecule has 0 spiro atoms. The standard InChI is InChI=1S/C15H30N4.HI/c1-4-13-7-5-6-9-19(13)10-8-17-15(16-3)18-14-11-12(14)2;/h12-14H,4-11H2,1-3H3,(H2,16,17,18);1H. The van der Waals surface area contributed by atoms with Crippen LogP contribution < -0.4 is 10.6 Å². The Bertz CT molecular complexity index is 308. The second kappa shape index (κ2) is 9.07. The molecule has 20 heavy (non-hydrogen) atoms. The number of likely N-dealkylation sites (tertiary alicyclic amines) is 1. The van der Waals surface area contributed by atoms with E-state index in [2.05, 4.69) is 34.4 Å². The summed E-state index contributed by atoms with van der Waals surface area (Å²) in [5, 5.41) is 6.92. The minimum atomic E-state index is 0. The fourth-order valence-corrected chi connectivity index (χ4v) is 3.03. The molecule has 0 aromatic heterocycles. The summed E-state index contributed by atoms with van der Waals surface area (Å²) in [5.74, 6) is 1.78. The van der Waals surface area contributed by atoms with E-state index >= 15 is 0 Å². The molecule has 118 valence electrons. The van der Waals surface area contributed by atoms with Crippen molar-refractivity contribution in [1.82, 2.24) is 15.5 Å². The topological polar surface area (TPSA) is 39.7 Å². The Morgan fingerprint density at radius 1 is 1.35 bits per heavy atom. The van der Waals surface area contributed by atoms with Crippen LogP contribution in [0.1, 0.15) is 46.0 Å². The van der Waals surface area contributed by atoms with Crippen molar-refractivity contribution >= 4 is 29.9 Å². The summed E-state index contributed by atoms with van der Waals surface area (Å²) in [6.45, 7) is 8.00. The lowest BCUT2D eigenvalue weighted by atomic mass is 10.0. The number of nitrogens with zero attached hydrogens (tertiary/aromatic N) is 2. The summed E-state index contributed by atoms with van der Waals surface area (Å²) in [5.41, 5.74) is 0. The third kappa shape index (κ3) is 5.39. The quantitative estimate of drug-likeness (QED) is 0.428. The summed E-state index contributed by atoms with van der Waals surface area (Å²) in [7, 11) is 1.86. The highest BCUT2D eigenvalue weighted by Crippen LogP contribution is 2.28. The molecule has 2 N–H and O–H groups in total. The lowest BCUT2D eigenvalue weighted by molar-refractivity contribution is 0.147. The zero-order valence-corrected chi connectivity index (χ0v) is 15.5. The molecular formula is C15H31IN4. The normalized spacial score (nSPS) is 30.6. The molecule has 0 aromatic carbocycles. The van der Waals surface area contributed by atoms with Crippen molar-refractivity contribution in [3.05, 3.63) is 0 Å². The Morgan fingerprint density at radius 2 is 2.10 bits per heavy atom. The largest absolute Gasteiger partial charge is 0.355 e. The number of piperidine rings is 1. The van der Waals surface area contributed by atoms with Gasteiger partial charge in [0, 0.05) is 32.2 Å². The van der Waals surface area contributed by atoms with E-state index in [1.807, 2.05) is 7.05 Å². The van der Waals surface area contributed by atoms with Crippen LogP contribution in [0.4, 0.5) is 0 Å². The smallest absolute Gasteiger partial charge is 0.191 e. The highest BCUT2D eigenvalue weighted by Gasteiger charge is 2.33. The Kier molecular flexibility index (Phi) is 8.17. The first-order chi connectivity index (χ1) is 9.24. The van der Waals surface area contributed by atoms with E-state index in [0.29, 0.717) is 6.04 Å². The van der Waals surface area contributed by atoms with Crippen LogP contribution in [0.2, 0.25) is 0 Å². The number of guanidine groups is 1. The number of halogens is 1. The number of rotatable bonds is 5. The van der Waals surface area contributed by atoms with Crippen LogP contribution in [0.15, 0.2) is 4.99 Å². The summed E-state index contributed by atoms with van der Waals surface area (Å²) < 4.78 is 0. The molecule has 1 saturated heterocycles. The lowest BCUT2D eigenvalue weighted by Crippen LogP contribution is -2.46. The van der Waals surface area contributed by atoms with Gasteiger partial charge in [-0.15, -0.1) is 24.0 Å². The zero-order valence-electron chi connectivity index (χ0n) is 13.2. The second-order valence-electron chi connectivity index (χ2n) is 6.06. The van der Waals surface area contributed by atoms with E-state index in [9.17, 15) is 0 Å². The third-order valence-corrected chi connectivity index (χ3v) is 4.57. The van der Waals surface area contributed by atoms with E-state index < -0.39 is 0 Å². The molecule has 0 aromatic rings. The first-order valence-electron chi connectivity index (χ1n) is 7.95. The molecule has 4 nitrogen and oxygen atoms in total. The van der Waals surface area contributed by atoms with Crippen molar-refractivity contribution in [2.45, 2.75) is 58.0 Å². The van der Waals surface area contributed by atoms with Gasteiger partial charge in [-0.3, -0.25) is 9.89 Å².